The highest BCUT2D eigenvalue weighted by atomic mass is 16.4. The molecule has 1 saturated heterocycles. The first-order chi connectivity index (χ1) is 52.2. The molecule has 1 aliphatic heterocycles. The number of hydrogen-bond acceptors (Lipinski definition) is 24. The van der Waals surface area contributed by atoms with Gasteiger partial charge in [-0.1, -0.05) is 55.4 Å². The summed E-state index contributed by atoms with van der Waals surface area (Å²) < 4.78 is 0. The first-order valence-electron chi connectivity index (χ1n) is 36.6. The van der Waals surface area contributed by atoms with Gasteiger partial charge in [0.05, 0.1) is 38.4 Å². The molecule has 0 saturated carbocycles. The fourth-order valence-electron chi connectivity index (χ4n) is 11.2. The van der Waals surface area contributed by atoms with Gasteiger partial charge in [-0.05, 0) is 101 Å². The van der Waals surface area contributed by atoms with Crippen molar-refractivity contribution < 1.29 is 127 Å². The highest BCUT2D eigenvalue weighted by Crippen LogP contribution is 2.21. The molecule has 44 heteroatoms. The number of rotatable bonds is 54. The topological polar surface area (TPSA) is 726 Å². The predicted molar refractivity (Wildman–Crippen MR) is 390 cm³/mol. The van der Waals surface area contributed by atoms with Gasteiger partial charge >= 0.3 is 17.9 Å². The molecular formula is C68H114N18O26. The van der Waals surface area contributed by atoms with Crippen molar-refractivity contribution in [3.63, 3.8) is 0 Å². The van der Waals surface area contributed by atoms with Gasteiger partial charge < -0.3 is 128 Å². The highest BCUT2D eigenvalue weighted by Gasteiger charge is 2.42. The summed E-state index contributed by atoms with van der Waals surface area (Å²) in [7, 11) is 0. The zero-order valence-electron chi connectivity index (χ0n) is 64.3. The quantitative estimate of drug-likeness (QED) is 0.0269. The van der Waals surface area contributed by atoms with Gasteiger partial charge in [0.2, 0.25) is 100 Å². The Balaban J connectivity index is 3.41. The van der Waals surface area contributed by atoms with Gasteiger partial charge in [-0.3, -0.25) is 91.1 Å². The minimum absolute atomic E-state index is 0.0483. The van der Waals surface area contributed by atoms with Crippen molar-refractivity contribution in [2.75, 3.05) is 32.8 Å². The fraction of sp³-hybridized carbons (Fsp3) is 0.706. The summed E-state index contributed by atoms with van der Waals surface area (Å²) in [4.78, 5) is 264. The maximum Gasteiger partial charge on any atom is 0.326 e. The number of aliphatic carboxylic acids is 3. The molecule has 0 spiro atoms. The summed E-state index contributed by atoms with van der Waals surface area (Å²) in [6, 6.07) is -21.3. The highest BCUT2D eigenvalue weighted by molar-refractivity contribution is 6.01. The van der Waals surface area contributed by atoms with Crippen molar-refractivity contribution in [1.29, 1.82) is 0 Å². The summed E-state index contributed by atoms with van der Waals surface area (Å²) in [5.41, 5.74) is 22.1. The maximum atomic E-state index is 14.5. The SMILES string of the molecule is CC(C)C[C@H](NC(=O)[C@H](CCC(=O)O)NC(=O)[C@H](CCC(=O)O)NC(=O)[C@H](CO)NC(=O)CNC(=O)[C@@H](NC(=O)[C@H](CCC(N)=O)NC(=O)[C@H](CC(C)C)NC(=O)[C@H](CO)NC(=O)[C@@H]1CCCN1C(=O)[C@H](CCC(N)=O)NC(=O)[C@H](CC(C)C)NC(=O)[C@H](CCC(N)=O)NC(=O)CNC(=O)[C@@H](N)CC(C)C)[C@@H](C)O)C(=O)O. The molecule has 44 nitrogen and oxygen atoms in total. The second-order valence-corrected chi connectivity index (χ2v) is 28.8. The number of carboxylic acid groups (broad SMARTS) is 3. The Hall–Kier alpha value is -10.8. The van der Waals surface area contributed by atoms with Crippen molar-refractivity contribution in [3.8, 4) is 0 Å². The fourth-order valence-corrected chi connectivity index (χ4v) is 11.2. The van der Waals surface area contributed by atoms with E-state index in [9.17, 15) is 127 Å². The zero-order chi connectivity index (χ0) is 85.6. The van der Waals surface area contributed by atoms with E-state index in [2.05, 4.69) is 63.8 Å². The average molecular weight is 1600 g/mol. The summed E-state index contributed by atoms with van der Waals surface area (Å²) in [6.07, 6.45) is -7.52. The Morgan fingerprint density at radius 2 is 0.688 bits per heavy atom. The molecule has 0 bridgehead atoms. The van der Waals surface area contributed by atoms with Crippen molar-refractivity contribution in [2.24, 2.45) is 46.6 Å². The monoisotopic (exact) mass is 1600 g/mol. The standard InChI is InChI=1S/C68H114N18O26/c1-31(2)23-36(69)56(99)73-27-51(93)75-37(12-17-48(70)90)57(100)81-43(25-33(5)6)62(105)80-41(14-19-50(72)92)67(110)86-22-10-11-47(86)65(108)84-46(30-88)64(107)82-42(24-32(3)4)61(104)78-38(13-18-49(71)91)60(103)85-55(35(9)89)66(109)74-28-52(94)76-45(29-87)63(106)79-39(15-20-53(95)96)58(101)77-40(16-21-54(97)98)59(102)83-44(68(111)112)26-34(7)8/h31-47,55,87-89H,10-30,69H2,1-9H3,(H2,70,90)(H2,71,91)(H2,72,92)(H,73,99)(H,74,109)(H,75,93)(H,76,94)(H,77,101)(H,78,104)(H,79,106)(H,80,105)(H,81,100)(H,82,107)(H,83,102)(H,84,108)(H,85,103)(H,95,96)(H,97,98)(H,111,112)/t35-,36+,37+,38+,39+,40+,41+,42+,43+,44+,45+,46+,47+,55+/m1/s1. The van der Waals surface area contributed by atoms with Gasteiger partial charge in [-0.15, -0.1) is 0 Å². The van der Waals surface area contributed by atoms with Crippen LogP contribution in [0.5, 0.6) is 0 Å². The lowest BCUT2D eigenvalue weighted by Gasteiger charge is -2.31. The molecule has 1 aliphatic rings. The van der Waals surface area contributed by atoms with Crippen molar-refractivity contribution in [1.82, 2.24) is 74.0 Å². The van der Waals surface area contributed by atoms with Crippen molar-refractivity contribution in [2.45, 2.75) is 250 Å². The normalized spacial score (nSPS) is 16.0. The van der Waals surface area contributed by atoms with Crippen molar-refractivity contribution in [3.05, 3.63) is 0 Å². The van der Waals surface area contributed by atoms with Gasteiger partial charge in [0.1, 0.15) is 72.5 Å². The first kappa shape index (κ1) is 99.2. The number of carboxylic acids is 3. The number of nitrogens with one attached hydrogen (secondary N) is 13. The smallest absolute Gasteiger partial charge is 0.326 e. The number of aliphatic hydroxyl groups excluding tert-OH is 3. The second-order valence-electron chi connectivity index (χ2n) is 28.8. The Labute approximate surface area is 645 Å². The third-order valence-electron chi connectivity index (χ3n) is 17.0. The summed E-state index contributed by atoms with van der Waals surface area (Å²) in [6.45, 7) is 10.4. The lowest BCUT2D eigenvalue weighted by molar-refractivity contribution is -0.143. The van der Waals surface area contributed by atoms with Gasteiger partial charge in [0, 0.05) is 38.6 Å². The van der Waals surface area contributed by atoms with E-state index in [0.717, 1.165) is 11.8 Å². The molecule has 1 rings (SSSR count). The predicted octanol–water partition coefficient (Wildman–Crippen LogP) is -8.97. The molecule has 17 amide bonds. The molecule has 0 unspecified atom stereocenters. The van der Waals surface area contributed by atoms with Crippen LogP contribution in [0.25, 0.3) is 0 Å². The maximum absolute atomic E-state index is 14.5. The van der Waals surface area contributed by atoms with E-state index in [1.54, 1.807) is 41.5 Å². The minimum Gasteiger partial charge on any atom is -0.481 e. The van der Waals surface area contributed by atoms with E-state index in [1.165, 1.54) is 0 Å². The van der Waals surface area contributed by atoms with Crippen LogP contribution in [-0.2, 0) is 95.9 Å². The van der Waals surface area contributed by atoms with E-state index in [4.69, 9.17) is 22.9 Å². The largest absolute Gasteiger partial charge is 0.481 e. The lowest BCUT2D eigenvalue weighted by atomic mass is 10.0. The molecule has 1 fully saturated rings. The Morgan fingerprint density at radius 1 is 0.375 bits per heavy atom. The van der Waals surface area contributed by atoms with Crippen LogP contribution in [0, 0.1) is 23.7 Å². The van der Waals surface area contributed by atoms with Crippen LogP contribution >= 0.6 is 0 Å². The Morgan fingerprint density at radius 3 is 1.06 bits per heavy atom. The number of nitrogens with two attached hydrogens (primary N) is 4. The summed E-state index contributed by atoms with van der Waals surface area (Å²) >= 11 is 0. The number of aliphatic hydroxyl groups is 3. The molecular weight excluding hydrogens is 1480 g/mol. The van der Waals surface area contributed by atoms with E-state index in [-0.39, 0.29) is 62.8 Å². The number of primary amides is 3. The second kappa shape index (κ2) is 50.2. The van der Waals surface area contributed by atoms with Crippen LogP contribution in [-0.4, -0.2) is 271 Å². The van der Waals surface area contributed by atoms with Crippen LogP contribution in [0.2, 0.25) is 0 Å². The minimum atomic E-state index is -1.99. The van der Waals surface area contributed by atoms with E-state index in [0.29, 0.717) is 6.42 Å². The number of carbonyl (C=O) groups excluding carboxylic acids is 17. The van der Waals surface area contributed by atoms with Crippen LogP contribution in [0.15, 0.2) is 0 Å². The van der Waals surface area contributed by atoms with Crippen LogP contribution in [0.1, 0.15) is 165 Å². The molecule has 14 atom stereocenters. The summed E-state index contributed by atoms with van der Waals surface area (Å²) in [5, 5.41) is 89.4. The van der Waals surface area contributed by atoms with Crippen molar-refractivity contribution >= 4 is 118 Å². The van der Waals surface area contributed by atoms with E-state index < -0.39 is 293 Å². The molecule has 112 heavy (non-hydrogen) atoms. The number of hydrogen-bond donors (Lipinski definition) is 23. The number of carbonyl (C=O) groups is 20. The van der Waals surface area contributed by atoms with E-state index >= 15 is 0 Å². The first-order valence-corrected chi connectivity index (χ1v) is 36.6. The molecule has 0 aromatic carbocycles. The van der Waals surface area contributed by atoms with Gasteiger partial charge in [-0.2, -0.15) is 0 Å². The third kappa shape index (κ3) is 38.2. The van der Waals surface area contributed by atoms with Gasteiger partial charge in [0.25, 0.3) is 0 Å². The molecule has 27 N–H and O–H groups in total. The lowest BCUT2D eigenvalue weighted by Crippen LogP contribution is -2.61. The molecule has 0 aliphatic carbocycles. The van der Waals surface area contributed by atoms with Gasteiger partial charge in [-0.25, -0.2) is 4.79 Å². The molecule has 0 aromatic rings. The van der Waals surface area contributed by atoms with Gasteiger partial charge in [0.15, 0.2) is 0 Å². The number of amides is 17. The van der Waals surface area contributed by atoms with Crippen LogP contribution < -0.4 is 92.1 Å². The van der Waals surface area contributed by atoms with E-state index in [1.807, 2.05) is 19.2 Å². The molecule has 1 heterocycles. The Kier molecular flexibility index (Phi) is 44.5. The molecule has 0 aromatic heterocycles. The average Bonchev–Trinajstić information content (AvgIpc) is 1.60. The third-order valence-corrected chi connectivity index (χ3v) is 17.0. The molecule has 632 valence electrons. The Bertz CT molecular complexity index is 3320. The van der Waals surface area contributed by atoms with Crippen LogP contribution in [0.4, 0.5) is 0 Å². The molecule has 0 radical (unpaired) electrons. The number of likely N-dealkylation sites (tertiary alicyclic amines) is 1. The van der Waals surface area contributed by atoms with Crippen LogP contribution in [0.3, 0.4) is 0 Å². The zero-order valence-corrected chi connectivity index (χ0v) is 64.3. The summed E-state index contributed by atoms with van der Waals surface area (Å²) in [5.74, 6) is -23.4. The number of nitrogens with zero attached hydrogens (tertiary/aromatic N) is 1.